The van der Waals surface area contributed by atoms with Crippen LogP contribution in [-0.2, 0) is 19.3 Å². The molecule has 134 valence electrons. The van der Waals surface area contributed by atoms with E-state index in [9.17, 15) is 4.79 Å². The van der Waals surface area contributed by atoms with Crippen molar-refractivity contribution < 1.29 is 0 Å². The van der Waals surface area contributed by atoms with E-state index in [1.54, 1.807) is 7.05 Å². The number of fused-ring (bicyclic) bond motifs is 3. The van der Waals surface area contributed by atoms with E-state index in [4.69, 9.17) is 0 Å². The number of aryl methyl sites for hydroxylation is 2. The van der Waals surface area contributed by atoms with Gasteiger partial charge in [0, 0.05) is 13.6 Å². The van der Waals surface area contributed by atoms with Crippen molar-refractivity contribution in [1.29, 1.82) is 0 Å². The Kier molecular flexibility index (Phi) is 4.41. The van der Waals surface area contributed by atoms with Gasteiger partial charge in [0.15, 0.2) is 11.0 Å². The number of hydrogen-bond acceptors (Lipinski definition) is 7. The minimum absolute atomic E-state index is 0.0828. The smallest absolute Gasteiger partial charge is 0.262 e. The van der Waals surface area contributed by atoms with Crippen LogP contribution in [0, 0.1) is 0 Å². The fourth-order valence-electron chi connectivity index (χ4n) is 2.84. The van der Waals surface area contributed by atoms with Gasteiger partial charge in [-0.2, -0.15) is 0 Å². The van der Waals surface area contributed by atoms with Gasteiger partial charge in [0.05, 0.1) is 16.7 Å². The van der Waals surface area contributed by atoms with Crippen molar-refractivity contribution in [2.24, 2.45) is 7.05 Å². The maximum atomic E-state index is 12.5. The molecule has 1 aromatic carbocycles. The fourth-order valence-corrected chi connectivity index (χ4v) is 3.71. The number of para-hydroxylation sites is 1. The third kappa shape index (κ3) is 2.75. The summed E-state index contributed by atoms with van der Waals surface area (Å²) in [5.74, 6) is 1.89. The number of nitrogens with zero attached hydrogens (tertiary/aromatic N) is 8. The number of benzene rings is 1. The number of hydrogen-bond donors (Lipinski definition) is 0. The molecule has 0 saturated heterocycles. The summed E-state index contributed by atoms with van der Waals surface area (Å²) >= 11 is 1.50. The molecule has 0 fully saturated rings. The zero-order valence-electron chi connectivity index (χ0n) is 14.5. The minimum atomic E-state index is -0.0828. The third-order valence-corrected chi connectivity index (χ3v) is 5.18. The van der Waals surface area contributed by atoms with Gasteiger partial charge in [-0.25, -0.2) is 4.68 Å². The molecule has 4 rings (SSSR count). The Morgan fingerprint density at radius 3 is 2.85 bits per heavy atom. The molecule has 26 heavy (non-hydrogen) atoms. The predicted molar refractivity (Wildman–Crippen MR) is 98.0 cm³/mol. The highest BCUT2D eigenvalue weighted by Gasteiger charge is 2.16. The standard InChI is InChI=1S/C16H18N8OS/c1-3-4-9-23-13(17-20-21-23)10-26-16-19-18-15-22(2)14(25)11-7-5-6-8-12(11)24(15)16/h5-8H,3-4,9-10H2,1-2H3. The van der Waals surface area contributed by atoms with E-state index in [1.807, 2.05) is 33.3 Å². The average Bonchev–Trinajstić information content (AvgIpc) is 3.29. The molecule has 3 heterocycles. The Morgan fingerprint density at radius 1 is 1.15 bits per heavy atom. The molecule has 4 aromatic rings. The van der Waals surface area contributed by atoms with Crippen molar-refractivity contribution in [2.45, 2.75) is 37.2 Å². The van der Waals surface area contributed by atoms with Crippen LogP contribution in [-0.4, -0.2) is 39.4 Å². The minimum Gasteiger partial charge on any atom is -0.279 e. The molecule has 0 aliphatic rings. The summed E-state index contributed by atoms with van der Waals surface area (Å²) in [6.07, 6.45) is 2.12. The van der Waals surface area contributed by atoms with E-state index in [1.165, 1.54) is 16.3 Å². The van der Waals surface area contributed by atoms with Gasteiger partial charge in [-0.05, 0) is 29.0 Å². The van der Waals surface area contributed by atoms with Gasteiger partial charge in [-0.1, -0.05) is 37.2 Å². The third-order valence-electron chi connectivity index (χ3n) is 4.26. The molecule has 0 atom stereocenters. The predicted octanol–water partition coefficient (Wildman–Crippen LogP) is 1.66. The van der Waals surface area contributed by atoms with Gasteiger partial charge in [-0.15, -0.1) is 15.3 Å². The number of aromatic nitrogens is 8. The largest absolute Gasteiger partial charge is 0.279 e. The lowest BCUT2D eigenvalue weighted by atomic mass is 10.2. The van der Waals surface area contributed by atoms with Crippen molar-refractivity contribution in [3.05, 3.63) is 40.4 Å². The Bertz CT molecular complexity index is 1130. The Labute approximate surface area is 153 Å². The highest BCUT2D eigenvalue weighted by atomic mass is 32.2. The van der Waals surface area contributed by atoms with Gasteiger partial charge in [0.1, 0.15) is 0 Å². The topological polar surface area (TPSA) is 95.8 Å². The van der Waals surface area contributed by atoms with Crippen LogP contribution in [0.2, 0.25) is 0 Å². The van der Waals surface area contributed by atoms with Crippen LogP contribution in [0.4, 0.5) is 0 Å². The lowest BCUT2D eigenvalue weighted by molar-refractivity contribution is 0.540. The van der Waals surface area contributed by atoms with Gasteiger partial charge < -0.3 is 0 Å². The van der Waals surface area contributed by atoms with Gasteiger partial charge in [0.2, 0.25) is 5.78 Å². The zero-order chi connectivity index (χ0) is 18.1. The summed E-state index contributed by atoms with van der Waals surface area (Å²) < 4.78 is 5.25. The SMILES string of the molecule is CCCCn1nnnc1CSc1nnc2n(C)c(=O)c3ccccc3n12. The number of rotatable bonds is 6. The van der Waals surface area contributed by atoms with Crippen molar-refractivity contribution in [3.63, 3.8) is 0 Å². The van der Waals surface area contributed by atoms with E-state index in [0.29, 0.717) is 22.1 Å². The summed E-state index contributed by atoms with van der Waals surface area (Å²) in [5, 5.41) is 21.7. The zero-order valence-corrected chi connectivity index (χ0v) is 15.3. The Balaban J connectivity index is 1.72. The van der Waals surface area contributed by atoms with Gasteiger partial charge >= 0.3 is 0 Å². The summed E-state index contributed by atoms with van der Waals surface area (Å²) in [5.41, 5.74) is 0.712. The van der Waals surface area contributed by atoms with Crippen LogP contribution in [0.25, 0.3) is 16.7 Å². The molecule has 0 aliphatic carbocycles. The molecule has 0 saturated carbocycles. The second-order valence-corrected chi connectivity index (χ2v) is 6.90. The van der Waals surface area contributed by atoms with Crippen LogP contribution in [0.15, 0.2) is 34.2 Å². The van der Waals surface area contributed by atoms with Crippen molar-refractivity contribution in [2.75, 3.05) is 0 Å². The molecule has 0 spiro atoms. The lowest BCUT2D eigenvalue weighted by Crippen LogP contribution is -2.20. The maximum Gasteiger partial charge on any atom is 0.262 e. The van der Waals surface area contributed by atoms with Crippen LogP contribution in [0.3, 0.4) is 0 Å². The molecular weight excluding hydrogens is 352 g/mol. The van der Waals surface area contributed by atoms with Crippen LogP contribution in [0.1, 0.15) is 25.6 Å². The molecule has 0 amide bonds. The molecule has 0 N–H and O–H groups in total. The molecular formula is C16H18N8OS. The highest BCUT2D eigenvalue weighted by molar-refractivity contribution is 7.98. The molecule has 0 unspecified atom stereocenters. The summed E-state index contributed by atoms with van der Waals surface area (Å²) in [4.78, 5) is 12.5. The number of unbranched alkanes of at least 4 members (excludes halogenated alkanes) is 1. The van der Waals surface area contributed by atoms with E-state index >= 15 is 0 Å². The molecule has 0 bridgehead atoms. The Hall–Kier alpha value is -2.75. The second kappa shape index (κ2) is 6.87. The van der Waals surface area contributed by atoms with Crippen LogP contribution >= 0.6 is 11.8 Å². The van der Waals surface area contributed by atoms with Crippen molar-refractivity contribution >= 4 is 28.4 Å². The first-order valence-electron chi connectivity index (χ1n) is 8.41. The molecule has 0 aliphatic heterocycles. The first-order valence-corrected chi connectivity index (χ1v) is 9.40. The first kappa shape index (κ1) is 16.7. The van der Waals surface area contributed by atoms with E-state index in [0.717, 1.165) is 30.7 Å². The molecule has 0 radical (unpaired) electrons. The maximum absolute atomic E-state index is 12.5. The summed E-state index contributed by atoms with van der Waals surface area (Å²) in [6.45, 7) is 2.94. The summed E-state index contributed by atoms with van der Waals surface area (Å²) in [6, 6.07) is 7.48. The first-order chi connectivity index (χ1) is 12.7. The van der Waals surface area contributed by atoms with Gasteiger partial charge in [-0.3, -0.25) is 13.8 Å². The van der Waals surface area contributed by atoms with E-state index < -0.39 is 0 Å². The lowest BCUT2D eigenvalue weighted by Gasteiger charge is -2.07. The molecule has 9 nitrogen and oxygen atoms in total. The normalized spacial score (nSPS) is 11.6. The van der Waals surface area contributed by atoms with E-state index in [2.05, 4.69) is 32.6 Å². The number of thioether (sulfide) groups is 1. The van der Waals surface area contributed by atoms with E-state index in [-0.39, 0.29) is 5.56 Å². The number of tetrazole rings is 1. The van der Waals surface area contributed by atoms with Crippen molar-refractivity contribution in [3.8, 4) is 0 Å². The average molecular weight is 370 g/mol. The highest BCUT2D eigenvalue weighted by Crippen LogP contribution is 2.23. The molecule has 10 heteroatoms. The van der Waals surface area contributed by atoms with Crippen LogP contribution in [0.5, 0.6) is 0 Å². The van der Waals surface area contributed by atoms with Gasteiger partial charge in [0.25, 0.3) is 5.56 Å². The Morgan fingerprint density at radius 2 is 2.00 bits per heavy atom. The fraction of sp³-hybridized carbons (Fsp3) is 0.375. The van der Waals surface area contributed by atoms with Crippen LogP contribution < -0.4 is 5.56 Å². The summed E-state index contributed by atoms with van der Waals surface area (Å²) in [7, 11) is 1.71. The second-order valence-electron chi connectivity index (χ2n) is 5.96. The quantitative estimate of drug-likeness (QED) is 0.476. The monoisotopic (exact) mass is 370 g/mol. The van der Waals surface area contributed by atoms with Crippen molar-refractivity contribution in [1.82, 2.24) is 39.4 Å². The molecule has 3 aromatic heterocycles.